The van der Waals surface area contributed by atoms with E-state index in [1.807, 2.05) is 39.8 Å². The minimum absolute atomic E-state index is 0.118. The fraction of sp³-hybridized carbons (Fsp3) is 0.368. The van der Waals surface area contributed by atoms with Crippen LogP contribution in [0.25, 0.3) is 0 Å². The highest BCUT2D eigenvalue weighted by Gasteiger charge is 2.23. The zero-order valence-electron chi connectivity index (χ0n) is 15.0. The molecule has 2 aromatic rings. The largest absolute Gasteiger partial charge is 0.492 e. The van der Waals surface area contributed by atoms with Crippen LogP contribution in [-0.2, 0) is 22.0 Å². The Hall–Kier alpha value is -1.56. The number of benzene rings is 2. The summed E-state index contributed by atoms with van der Waals surface area (Å²) in [5.74, 6) is 0.349. The van der Waals surface area contributed by atoms with Gasteiger partial charge in [0, 0.05) is 11.6 Å². The van der Waals surface area contributed by atoms with Gasteiger partial charge in [0.1, 0.15) is 10.6 Å². The molecular formula is C19H24ClNO3S. The monoisotopic (exact) mass is 381 g/mol. The van der Waals surface area contributed by atoms with Crippen molar-refractivity contribution in [2.24, 2.45) is 0 Å². The molecule has 1 N–H and O–H groups in total. The van der Waals surface area contributed by atoms with Crippen LogP contribution in [0.15, 0.2) is 47.4 Å². The molecule has 136 valence electrons. The van der Waals surface area contributed by atoms with E-state index in [1.54, 1.807) is 30.3 Å². The zero-order valence-corrected chi connectivity index (χ0v) is 16.5. The standard InChI is InChI=1S/C19H24ClNO3S/c1-5-24-17-11-10-15(19(2,3)4)12-18(17)25(22,23)21-13-14-8-6-7-9-16(14)20/h6-12,21H,5,13H2,1-4H3. The van der Waals surface area contributed by atoms with Gasteiger partial charge in [-0.3, -0.25) is 0 Å². The van der Waals surface area contributed by atoms with Crippen LogP contribution in [0.1, 0.15) is 38.8 Å². The van der Waals surface area contributed by atoms with Crippen LogP contribution < -0.4 is 9.46 Å². The van der Waals surface area contributed by atoms with Crippen molar-refractivity contribution in [3.63, 3.8) is 0 Å². The molecule has 0 amide bonds. The van der Waals surface area contributed by atoms with Gasteiger partial charge in [0.05, 0.1) is 6.61 Å². The Morgan fingerprint density at radius 3 is 2.40 bits per heavy atom. The van der Waals surface area contributed by atoms with Gasteiger partial charge < -0.3 is 4.74 Å². The van der Waals surface area contributed by atoms with Crippen LogP contribution in [0, 0.1) is 0 Å². The van der Waals surface area contributed by atoms with Crippen molar-refractivity contribution in [1.82, 2.24) is 4.72 Å². The molecule has 0 aromatic heterocycles. The van der Waals surface area contributed by atoms with Crippen molar-refractivity contribution in [3.8, 4) is 5.75 Å². The molecule has 0 atom stereocenters. The molecule has 0 aliphatic heterocycles. The second-order valence-electron chi connectivity index (χ2n) is 6.76. The van der Waals surface area contributed by atoms with Crippen LogP contribution in [0.5, 0.6) is 5.75 Å². The number of rotatable bonds is 6. The molecule has 0 bridgehead atoms. The van der Waals surface area contributed by atoms with Crippen LogP contribution >= 0.6 is 11.6 Å². The molecule has 2 aromatic carbocycles. The molecule has 0 radical (unpaired) electrons. The summed E-state index contributed by atoms with van der Waals surface area (Å²) in [5.41, 5.74) is 1.48. The summed E-state index contributed by atoms with van der Waals surface area (Å²) in [5, 5.41) is 0.527. The van der Waals surface area contributed by atoms with Crippen LogP contribution in [0.2, 0.25) is 5.02 Å². The zero-order chi connectivity index (χ0) is 18.7. The average molecular weight is 382 g/mol. The Kier molecular flexibility index (Phi) is 6.14. The summed E-state index contributed by atoms with van der Waals surface area (Å²) in [6.45, 7) is 8.45. The highest BCUT2D eigenvalue weighted by atomic mass is 35.5. The molecule has 6 heteroatoms. The second kappa shape index (κ2) is 7.77. The average Bonchev–Trinajstić information content (AvgIpc) is 2.53. The summed E-state index contributed by atoms with van der Waals surface area (Å²) in [6, 6.07) is 12.4. The first-order valence-electron chi connectivity index (χ1n) is 8.15. The molecule has 0 spiro atoms. The first-order valence-corrected chi connectivity index (χ1v) is 10.0. The van der Waals surface area contributed by atoms with Gasteiger partial charge in [-0.05, 0) is 41.7 Å². The SMILES string of the molecule is CCOc1ccc(C(C)(C)C)cc1S(=O)(=O)NCc1ccccc1Cl. The third kappa shape index (κ3) is 4.97. The Morgan fingerprint density at radius 1 is 1.12 bits per heavy atom. The van der Waals surface area contributed by atoms with E-state index in [1.165, 1.54) is 0 Å². The summed E-state index contributed by atoms with van der Waals surface area (Å²) in [6.07, 6.45) is 0. The number of ether oxygens (including phenoxy) is 1. The summed E-state index contributed by atoms with van der Waals surface area (Å²) < 4.78 is 33.9. The Labute approximate surface area is 155 Å². The van der Waals surface area contributed by atoms with Gasteiger partial charge in [0.2, 0.25) is 10.0 Å². The normalized spacial score (nSPS) is 12.2. The lowest BCUT2D eigenvalue weighted by Gasteiger charge is -2.21. The molecule has 2 rings (SSSR count). The maximum absolute atomic E-state index is 12.9. The topological polar surface area (TPSA) is 55.4 Å². The van der Waals surface area contributed by atoms with Gasteiger partial charge in [-0.2, -0.15) is 0 Å². The molecule has 0 saturated carbocycles. The lowest BCUT2D eigenvalue weighted by atomic mass is 9.87. The Bertz CT molecular complexity index is 842. The number of halogens is 1. The number of hydrogen-bond acceptors (Lipinski definition) is 3. The van der Waals surface area contributed by atoms with Gasteiger partial charge in [-0.1, -0.05) is 56.6 Å². The smallest absolute Gasteiger partial charge is 0.244 e. The van der Waals surface area contributed by atoms with E-state index >= 15 is 0 Å². The van der Waals surface area contributed by atoms with Gasteiger partial charge in [-0.25, -0.2) is 13.1 Å². The summed E-state index contributed by atoms with van der Waals surface area (Å²) in [4.78, 5) is 0.147. The highest BCUT2D eigenvalue weighted by molar-refractivity contribution is 7.89. The Balaban J connectivity index is 2.37. The van der Waals surface area contributed by atoms with E-state index in [0.29, 0.717) is 17.4 Å². The maximum atomic E-state index is 12.9. The highest BCUT2D eigenvalue weighted by Crippen LogP contribution is 2.31. The van der Waals surface area contributed by atoms with E-state index in [4.69, 9.17) is 16.3 Å². The quantitative estimate of drug-likeness (QED) is 0.800. The minimum Gasteiger partial charge on any atom is -0.492 e. The lowest BCUT2D eigenvalue weighted by Crippen LogP contribution is -2.25. The fourth-order valence-corrected chi connectivity index (χ4v) is 3.73. The van der Waals surface area contributed by atoms with E-state index in [9.17, 15) is 8.42 Å². The minimum atomic E-state index is -3.74. The molecule has 0 aliphatic carbocycles. The van der Waals surface area contributed by atoms with E-state index in [2.05, 4.69) is 4.72 Å². The summed E-state index contributed by atoms with van der Waals surface area (Å²) >= 11 is 6.11. The second-order valence-corrected chi connectivity index (χ2v) is 8.90. The number of sulfonamides is 1. The molecule has 0 aliphatic rings. The molecule has 0 unspecified atom stereocenters. The van der Waals surface area contributed by atoms with Crippen LogP contribution in [0.3, 0.4) is 0 Å². The molecule has 0 saturated heterocycles. The van der Waals surface area contributed by atoms with Gasteiger partial charge in [-0.15, -0.1) is 0 Å². The van der Waals surface area contributed by atoms with Crippen molar-refractivity contribution >= 4 is 21.6 Å². The lowest BCUT2D eigenvalue weighted by molar-refractivity contribution is 0.330. The first kappa shape index (κ1) is 19.8. The summed E-state index contributed by atoms with van der Waals surface area (Å²) in [7, 11) is -3.74. The first-order chi connectivity index (χ1) is 11.6. The fourth-order valence-electron chi connectivity index (χ4n) is 2.35. The maximum Gasteiger partial charge on any atom is 0.244 e. The third-order valence-electron chi connectivity index (χ3n) is 3.81. The predicted molar refractivity (Wildman–Crippen MR) is 102 cm³/mol. The van der Waals surface area contributed by atoms with Crippen LogP contribution in [0.4, 0.5) is 0 Å². The van der Waals surface area contributed by atoms with E-state index < -0.39 is 10.0 Å². The molecule has 0 heterocycles. The van der Waals surface area contributed by atoms with Crippen molar-refractivity contribution in [2.45, 2.75) is 44.6 Å². The van der Waals surface area contributed by atoms with Crippen molar-refractivity contribution in [2.75, 3.05) is 6.61 Å². The third-order valence-corrected chi connectivity index (χ3v) is 5.60. The predicted octanol–water partition coefficient (Wildman–Crippen LogP) is 4.51. The number of nitrogens with one attached hydrogen (secondary N) is 1. The van der Waals surface area contributed by atoms with E-state index in [0.717, 1.165) is 11.1 Å². The molecule has 4 nitrogen and oxygen atoms in total. The molecule has 0 fully saturated rings. The van der Waals surface area contributed by atoms with Gasteiger partial charge in [0.25, 0.3) is 0 Å². The Morgan fingerprint density at radius 2 is 1.80 bits per heavy atom. The molecular weight excluding hydrogens is 358 g/mol. The van der Waals surface area contributed by atoms with E-state index in [-0.39, 0.29) is 16.9 Å². The van der Waals surface area contributed by atoms with Crippen LogP contribution in [-0.4, -0.2) is 15.0 Å². The van der Waals surface area contributed by atoms with Gasteiger partial charge in [0.15, 0.2) is 0 Å². The number of hydrogen-bond donors (Lipinski definition) is 1. The van der Waals surface area contributed by atoms with Crippen molar-refractivity contribution in [3.05, 3.63) is 58.6 Å². The van der Waals surface area contributed by atoms with Crippen molar-refractivity contribution in [1.29, 1.82) is 0 Å². The van der Waals surface area contributed by atoms with Gasteiger partial charge >= 0.3 is 0 Å². The van der Waals surface area contributed by atoms with Crippen molar-refractivity contribution < 1.29 is 13.2 Å². The molecule has 25 heavy (non-hydrogen) atoms.